The number of aryl methyl sites for hydroxylation is 1. The van der Waals surface area contributed by atoms with E-state index in [9.17, 15) is 9.59 Å². The zero-order chi connectivity index (χ0) is 18.0. The van der Waals surface area contributed by atoms with Crippen LogP contribution in [-0.4, -0.2) is 11.9 Å². The molecule has 0 bridgehead atoms. The molecule has 0 fully saturated rings. The topological polar surface area (TPSA) is 70.2 Å². The van der Waals surface area contributed by atoms with Gasteiger partial charge < -0.3 is 16.0 Å². The number of amides is 3. The Morgan fingerprint density at radius 3 is 2.44 bits per heavy atom. The van der Waals surface area contributed by atoms with Gasteiger partial charge in [0.05, 0.1) is 11.6 Å². The Morgan fingerprint density at radius 1 is 1.08 bits per heavy atom. The van der Waals surface area contributed by atoms with Gasteiger partial charge in [0.15, 0.2) is 0 Å². The average molecular weight is 356 g/mol. The van der Waals surface area contributed by atoms with E-state index < -0.39 is 6.04 Å². The van der Waals surface area contributed by atoms with E-state index in [-0.39, 0.29) is 11.9 Å². The Labute approximate surface area is 151 Å². The first kappa shape index (κ1) is 17.0. The van der Waals surface area contributed by atoms with Crippen molar-refractivity contribution in [3.05, 3.63) is 76.0 Å². The summed E-state index contributed by atoms with van der Waals surface area (Å²) in [5, 5.41) is 8.98. The number of para-hydroxylation sites is 1. The first-order valence-electron chi connectivity index (χ1n) is 7.86. The Hall–Kier alpha value is -2.79. The summed E-state index contributed by atoms with van der Waals surface area (Å²) in [5.74, 6) is -0.265. The summed E-state index contributed by atoms with van der Waals surface area (Å²) < 4.78 is 0. The first-order chi connectivity index (χ1) is 12.0. The van der Waals surface area contributed by atoms with Gasteiger partial charge in [0.1, 0.15) is 0 Å². The minimum atomic E-state index is -0.546. The van der Waals surface area contributed by atoms with Crippen LogP contribution in [0.25, 0.3) is 0 Å². The van der Waals surface area contributed by atoms with E-state index in [0.717, 1.165) is 16.8 Å². The number of hydrogen-bond acceptors (Lipinski definition) is 2. The highest BCUT2D eigenvalue weighted by molar-refractivity contribution is 6.30. The lowest BCUT2D eigenvalue weighted by Crippen LogP contribution is -2.46. The molecule has 3 N–H and O–H groups in total. The van der Waals surface area contributed by atoms with Crippen LogP contribution < -0.4 is 16.0 Å². The van der Waals surface area contributed by atoms with Crippen LogP contribution in [0, 0.1) is 6.92 Å². The van der Waals surface area contributed by atoms with Crippen LogP contribution in [0.2, 0.25) is 5.02 Å². The molecule has 2 aromatic carbocycles. The minimum Gasteiger partial charge on any atom is -0.327 e. The summed E-state index contributed by atoms with van der Waals surface area (Å²) >= 11 is 5.94. The van der Waals surface area contributed by atoms with Crippen molar-refractivity contribution in [1.29, 1.82) is 0 Å². The second kappa shape index (κ2) is 6.99. The van der Waals surface area contributed by atoms with Gasteiger partial charge in [-0.25, -0.2) is 4.79 Å². The standard InChI is InChI=1S/C19H18ClN3O2/c1-11-5-3-4-6-15(11)22-18(24)16-12(2)21-19(25)23-17(16)13-7-9-14(20)10-8-13/h3-10,17H,1-2H3,(H,22,24)(H2,21,23,25). The number of carbonyl (C=O) groups is 2. The maximum atomic E-state index is 12.9. The number of rotatable bonds is 3. The number of hydrogen-bond donors (Lipinski definition) is 3. The largest absolute Gasteiger partial charge is 0.327 e. The van der Waals surface area contributed by atoms with Crippen molar-refractivity contribution in [3.63, 3.8) is 0 Å². The van der Waals surface area contributed by atoms with Crippen LogP contribution in [0.1, 0.15) is 24.1 Å². The molecule has 1 aliphatic heterocycles. The molecular formula is C19H18ClN3O2. The molecule has 6 heteroatoms. The van der Waals surface area contributed by atoms with Crippen LogP contribution in [0.15, 0.2) is 59.8 Å². The van der Waals surface area contributed by atoms with Crippen LogP contribution in [0.4, 0.5) is 10.5 Å². The lowest BCUT2D eigenvalue weighted by atomic mass is 9.95. The third kappa shape index (κ3) is 3.67. The SMILES string of the molecule is CC1=C(C(=O)Nc2ccccc2C)C(c2ccc(Cl)cc2)NC(=O)N1. The number of nitrogens with one attached hydrogen (secondary N) is 3. The lowest BCUT2D eigenvalue weighted by molar-refractivity contribution is -0.113. The second-order valence-corrected chi connectivity index (χ2v) is 6.33. The third-order valence-electron chi connectivity index (χ3n) is 4.11. The van der Waals surface area contributed by atoms with E-state index in [1.807, 2.05) is 31.2 Å². The zero-order valence-corrected chi connectivity index (χ0v) is 14.6. The molecule has 0 aromatic heterocycles. The molecule has 1 unspecified atom stereocenters. The van der Waals surface area contributed by atoms with Crippen molar-refractivity contribution in [3.8, 4) is 0 Å². The van der Waals surface area contributed by atoms with Gasteiger partial charge in [0.2, 0.25) is 0 Å². The Balaban J connectivity index is 1.96. The highest BCUT2D eigenvalue weighted by atomic mass is 35.5. The van der Waals surface area contributed by atoms with Crippen molar-refractivity contribution < 1.29 is 9.59 Å². The first-order valence-corrected chi connectivity index (χ1v) is 8.24. The van der Waals surface area contributed by atoms with Gasteiger partial charge in [-0.2, -0.15) is 0 Å². The fourth-order valence-electron chi connectivity index (χ4n) is 2.80. The lowest BCUT2D eigenvalue weighted by Gasteiger charge is -2.28. The van der Waals surface area contributed by atoms with E-state index in [1.54, 1.807) is 31.2 Å². The molecule has 0 aliphatic carbocycles. The predicted molar refractivity (Wildman–Crippen MR) is 98.4 cm³/mol. The van der Waals surface area contributed by atoms with E-state index in [0.29, 0.717) is 16.3 Å². The molecule has 128 valence electrons. The van der Waals surface area contributed by atoms with E-state index >= 15 is 0 Å². The number of halogens is 1. The molecule has 0 radical (unpaired) electrons. The average Bonchev–Trinajstić information content (AvgIpc) is 2.57. The molecule has 0 saturated heterocycles. The van der Waals surface area contributed by atoms with Crippen LogP contribution in [0.3, 0.4) is 0 Å². The van der Waals surface area contributed by atoms with Crippen molar-refractivity contribution >= 4 is 29.2 Å². The van der Waals surface area contributed by atoms with Crippen LogP contribution in [-0.2, 0) is 4.79 Å². The van der Waals surface area contributed by atoms with Gasteiger partial charge >= 0.3 is 6.03 Å². The molecule has 3 amide bonds. The number of allylic oxidation sites excluding steroid dienone is 1. The van der Waals surface area contributed by atoms with Crippen molar-refractivity contribution in [1.82, 2.24) is 10.6 Å². The molecule has 1 aliphatic rings. The number of urea groups is 1. The summed E-state index contributed by atoms with van der Waals surface area (Å²) in [4.78, 5) is 24.8. The van der Waals surface area contributed by atoms with Gasteiger partial charge in [0, 0.05) is 16.4 Å². The highest BCUT2D eigenvalue weighted by Gasteiger charge is 2.31. The number of anilines is 1. The van der Waals surface area contributed by atoms with Gasteiger partial charge in [0.25, 0.3) is 5.91 Å². The quantitative estimate of drug-likeness (QED) is 0.781. The van der Waals surface area contributed by atoms with Gasteiger partial charge in [-0.15, -0.1) is 0 Å². The maximum Gasteiger partial charge on any atom is 0.319 e. The van der Waals surface area contributed by atoms with Gasteiger partial charge in [-0.3, -0.25) is 4.79 Å². The monoisotopic (exact) mass is 355 g/mol. The van der Waals surface area contributed by atoms with Crippen molar-refractivity contribution in [2.75, 3.05) is 5.32 Å². The summed E-state index contributed by atoms with van der Waals surface area (Å²) in [6.07, 6.45) is 0. The Bertz CT molecular complexity index is 859. The highest BCUT2D eigenvalue weighted by Crippen LogP contribution is 2.29. The summed E-state index contributed by atoms with van der Waals surface area (Å²) in [6.45, 7) is 3.64. The van der Waals surface area contributed by atoms with Crippen LogP contribution in [0.5, 0.6) is 0 Å². The number of carbonyl (C=O) groups excluding carboxylic acids is 2. The molecule has 2 aromatic rings. The zero-order valence-electron chi connectivity index (χ0n) is 13.9. The van der Waals surface area contributed by atoms with E-state index in [4.69, 9.17) is 11.6 Å². The van der Waals surface area contributed by atoms with Crippen molar-refractivity contribution in [2.24, 2.45) is 0 Å². The normalized spacial score (nSPS) is 16.9. The molecule has 5 nitrogen and oxygen atoms in total. The Morgan fingerprint density at radius 2 is 1.76 bits per heavy atom. The molecule has 25 heavy (non-hydrogen) atoms. The molecular weight excluding hydrogens is 338 g/mol. The molecule has 1 atom stereocenters. The van der Waals surface area contributed by atoms with E-state index in [2.05, 4.69) is 16.0 Å². The number of benzene rings is 2. The second-order valence-electron chi connectivity index (χ2n) is 5.89. The summed E-state index contributed by atoms with van der Waals surface area (Å²) in [6, 6.07) is 13.7. The fourth-order valence-corrected chi connectivity index (χ4v) is 2.93. The fraction of sp³-hybridized carbons (Fsp3) is 0.158. The maximum absolute atomic E-state index is 12.9. The predicted octanol–water partition coefficient (Wildman–Crippen LogP) is 3.92. The van der Waals surface area contributed by atoms with Crippen LogP contribution >= 0.6 is 11.6 Å². The van der Waals surface area contributed by atoms with Gasteiger partial charge in [-0.1, -0.05) is 41.9 Å². The molecule has 1 heterocycles. The molecule has 0 saturated carbocycles. The summed E-state index contributed by atoms with van der Waals surface area (Å²) in [7, 11) is 0. The van der Waals surface area contributed by atoms with Gasteiger partial charge in [-0.05, 0) is 43.2 Å². The minimum absolute atomic E-state index is 0.265. The van der Waals surface area contributed by atoms with E-state index in [1.165, 1.54) is 0 Å². The summed E-state index contributed by atoms with van der Waals surface area (Å²) in [5.41, 5.74) is 3.47. The Kier molecular flexibility index (Phi) is 4.76. The molecule has 0 spiro atoms. The third-order valence-corrected chi connectivity index (χ3v) is 4.36. The molecule has 3 rings (SSSR count). The van der Waals surface area contributed by atoms with Crippen molar-refractivity contribution in [2.45, 2.75) is 19.9 Å². The smallest absolute Gasteiger partial charge is 0.319 e.